The minimum atomic E-state index is -0.299. The van der Waals surface area contributed by atoms with Crippen LogP contribution in [0.25, 0.3) is 0 Å². The van der Waals surface area contributed by atoms with Gasteiger partial charge in [0.15, 0.2) is 6.10 Å². The smallest absolute Gasteiger partial charge is 0.249 e. The summed E-state index contributed by atoms with van der Waals surface area (Å²) in [5.74, 6) is 1.16. The molecule has 0 amide bonds. The van der Waals surface area contributed by atoms with Crippen LogP contribution < -0.4 is 5.32 Å². The minimum absolute atomic E-state index is 0.299. The van der Waals surface area contributed by atoms with Crippen LogP contribution in [0.1, 0.15) is 29.9 Å². The predicted octanol–water partition coefficient (Wildman–Crippen LogP) is 1.96. The monoisotopic (exact) mass is 261 g/mol. The molecule has 1 aromatic heterocycles. The van der Waals surface area contributed by atoms with Crippen LogP contribution in [-0.4, -0.2) is 30.9 Å². The number of aryl methyl sites for hydroxylation is 1. The molecule has 0 spiro atoms. The quantitative estimate of drug-likeness (QED) is 0.772. The molecule has 0 saturated carbocycles. The summed E-state index contributed by atoms with van der Waals surface area (Å²) in [7, 11) is 3.57. The summed E-state index contributed by atoms with van der Waals surface area (Å²) in [6.07, 6.45) is 1.45. The number of nitrogens with zero attached hydrogens (tertiary/aromatic N) is 2. The van der Waals surface area contributed by atoms with E-state index >= 15 is 0 Å². The highest BCUT2D eigenvalue weighted by atomic mass is 16.5. The van der Waals surface area contributed by atoms with E-state index in [9.17, 15) is 0 Å². The van der Waals surface area contributed by atoms with Crippen LogP contribution in [0.2, 0.25) is 0 Å². The molecule has 0 saturated heterocycles. The Bertz CT molecular complexity index is 484. The van der Waals surface area contributed by atoms with E-state index in [1.807, 2.05) is 37.4 Å². The molecule has 0 aliphatic carbocycles. The maximum Gasteiger partial charge on any atom is 0.249 e. The van der Waals surface area contributed by atoms with Crippen LogP contribution in [0.5, 0.6) is 0 Å². The highest BCUT2D eigenvalue weighted by Crippen LogP contribution is 2.24. The lowest BCUT2D eigenvalue weighted by Gasteiger charge is -2.10. The Balaban J connectivity index is 2.07. The van der Waals surface area contributed by atoms with Crippen molar-refractivity contribution in [2.24, 2.45) is 0 Å². The van der Waals surface area contributed by atoms with Gasteiger partial charge in [0.1, 0.15) is 0 Å². The zero-order valence-corrected chi connectivity index (χ0v) is 11.3. The standard InChI is InChI=1S/C14H19N3O2/c1-15-10-6-9-12-16-17-14(19-12)13(18-2)11-7-4-3-5-8-11/h3-5,7-8,13,15H,6,9-10H2,1-2H3. The predicted molar refractivity (Wildman–Crippen MR) is 71.8 cm³/mol. The molecule has 102 valence electrons. The molecule has 1 heterocycles. The molecule has 5 heteroatoms. The van der Waals surface area contributed by atoms with Crippen LogP contribution in [-0.2, 0) is 11.2 Å². The van der Waals surface area contributed by atoms with E-state index in [4.69, 9.17) is 9.15 Å². The second-order valence-corrected chi connectivity index (χ2v) is 4.27. The first-order chi connectivity index (χ1) is 9.35. The first-order valence-corrected chi connectivity index (χ1v) is 6.39. The van der Waals surface area contributed by atoms with Crippen LogP contribution in [0.15, 0.2) is 34.7 Å². The van der Waals surface area contributed by atoms with E-state index in [0.29, 0.717) is 11.8 Å². The number of benzene rings is 1. The zero-order chi connectivity index (χ0) is 13.5. The average Bonchev–Trinajstić information content (AvgIpc) is 2.90. The molecule has 2 rings (SSSR count). The lowest BCUT2D eigenvalue weighted by molar-refractivity contribution is 0.110. The lowest BCUT2D eigenvalue weighted by atomic mass is 10.1. The fourth-order valence-corrected chi connectivity index (χ4v) is 1.90. The lowest BCUT2D eigenvalue weighted by Crippen LogP contribution is -2.08. The molecule has 1 unspecified atom stereocenters. The molecule has 0 aliphatic heterocycles. The second-order valence-electron chi connectivity index (χ2n) is 4.27. The van der Waals surface area contributed by atoms with Crippen LogP contribution >= 0.6 is 0 Å². The molecular formula is C14H19N3O2. The fraction of sp³-hybridized carbons (Fsp3) is 0.429. The third-order valence-electron chi connectivity index (χ3n) is 2.86. The average molecular weight is 261 g/mol. The van der Waals surface area contributed by atoms with Crippen molar-refractivity contribution in [2.75, 3.05) is 20.7 Å². The summed E-state index contributed by atoms with van der Waals surface area (Å²) in [4.78, 5) is 0. The van der Waals surface area contributed by atoms with Gasteiger partial charge in [-0.15, -0.1) is 10.2 Å². The molecule has 0 aliphatic rings. The van der Waals surface area contributed by atoms with Crippen LogP contribution in [0.4, 0.5) is 0 Å². The maximum absolute atomic E-state index is 5.66. The van der Waals surface area contributed by atoms with Crippen molar-refractivity contribution in [2.45, 2.75) is 18.9 Å². The number of methoxy groups -OCH3 is 1. The van der Waals surface area contributed by atoms with Gasteiger partial charge in [0.2, 0.25) is 11.8 Å². The van der Waals surface area contributed by atoms with Gasteiger partial charge in [-0.25, -0.2) is 0 Å². The maximum atomic E-state index is 5.66. The van der Waals surface area contributed by atoms with Crippen LogP contribution in [0, 0.1) is 0 Å². The molecule has 19 heavy (non-hydrogen) atoms. The molecular weight excluding hydrogens is 242 g/mol. The molecule has 1 aromatic carbocycles. The Morgan fingerprint density at radius 2 is 2.05 bits per heavy atom. The summed E-state index contributed by atoms with van der Waals surface area (Å²) >= 11 is 0. The van der Waals surface area contributed by atoms with Gasteiger partial charge in [-0.3, -0.25) is 0 Å². The van der Waals surface area contributed by atoms with Gasteiger partial charge in [0, 0.05) is 13.5 Å². The van der Waals surface area contributed by atoms with Crippen molar-refractivity contribution in [3.63, 3.8) is 0 Å². The van der Waals surface area contributed by atoms with Crippen LogP contribution in [0.3, 0.4) is 0 Å². The van der Waals surface area contributed by atoms with Gasteiger partial charge < -0.3 is 14.5 Å². The number of aromatic nitrogens is 2. The van der Waals surface area contributed by atoms with Crippen molar-refractivity contribution >= 4 is 0 Å². The minimum Gasteiger partial charge on any atom is -0.422 e. The number of ether oxygens (including phenoxy) is 1. The Labute approximate surface area is 113 Å². The van der Waals surface area contributed by atoms with Gasteiger partial charge >= 0.3 is 0 Å². The molecule has 1 N–H and O–H groups in total. The van der Waals surface area contributed by atoms with Crippen molar-refractivity contribution < 1.29 is 9.15 Å². The van der Waals surface area contributed by atoms with E-state index in [1.54, 1.807) is 7.11 Å². The zero-order valence-electron chi connectivity index (χ0n) is 11.3. The molecule has 0 radical (unpaired) electrons. The van der Waals surface area contributed by atoms with E-state index in [-0.39, 0.29) is 6.10 Å². The molecule has 5 nitrogen and oxygen atoms in total. The molecule has 0 bridgehead atoms. The molecule has 1 atom stereocenters. The van der Waals surface area contributed by atoms with Crippen molar-refractivity contribution in [1.29, 1.82) is 0 Å². The summed E-state index contributed by atoms with van der Waals surface area (Å²) in [6, 6.07) is 9.86. The third kappa shape index (κ3) is 3.62. The topological polar surface area (TPSA) is 60.2 Å². The van der Waals surface area contributed by atoms with E-state index in [1.165, 1.54) is 0 Å². The highest BCUT2D eigenvalue weighted by molar-refractivity contribution is 5.21. The van der Waals surface area contributed by atoms with Gasteiger partial charge in [-0.1, -0.05) is 30.3 Å². The number of nitrogens with one attached hydrogen (secondary N) is 1. The Morgan fingerprint density at radius 3 is 2.74 bits per heavy atom. The van der Waals surface area contributed by atoms with Gasteiger partial charge in [-0.2, -0.15) is 0 Å². The highest BCUT2D eigenvalue weighted by Gasteiger charge is 2.19. The third-order valence-corrected chi connectivity index (χ3v) is 2.86. The summed E-state index contributed by atoms with van der Waals surface area (Å²) in [5, 5.41) is 11.2. The van der Waals surface area contributed by atoms with E-state index in [0.717, 1.165) is 24.9 Å². The van der Waals surface area contributed by atoms with Gasteiger partial charge in [0.25, 0.3) is 0 Å². The Kier molecular flexibility index (Phi) is 5.06. The van der Waals surface area contributed by atoms with Crippen molar-refractivity contribution in [3.8, 4) is 0 Å². The molecule has 0 fully saturated rings. The van der Waals surface area contributed by atoms with E-state index < -0.39 is 0 Å². The first-order valence-electron chi connectivity index (χ1n) is 6.39. The summed E-state index contributed by atoms with van der Waals surface area (Å²) < 4.78 is 11.1. The van der Waals surface area contributed by atoms with Gasteiger partial charge in [0.05, 0.1) is 0 Å². The largest absolute Gasteiger partial charge is 0.422 e. The number of rotatable bonds is 7. The number of hydrogen-bond donors (Lipinski definition) is 1. The van der Waals surface area contributed by atoms with Gasteiger partial charge in [-0.05, 0) is 25.6 Å². The van der Waals surface area contributed by atoms with Crippen molar-refractivity contribution in [1.82, 2.24) is 15.5 Å². The normalized spacial score (nSPS) is 12.5. The SMILES string of the molecule is CNCCCc1nnc(C(OC)c2ccccc2)o1. The first kappa shape index (κ1) is 13.7. The Hall–Kier alpha value is -1.72. The Morgan fingerprint density at radius 1 is 1.26 bits per heavy atom. The second kappa shape index (κ2) is 7.01. The summed E-state index contributed by atoms with van der Waals surface area (Å²) in [5.41, 5.74) is 1.01. The molecule has 2 aromatic rings. The number of hydrogen-bond acceptors (Lipinski definition) is 5. The van der Waals surface area contributed by atoms with Crippen molar-refractivity contribution in [3.05, 3.63) is 47.7 Å². The summed E-state index contributed by atoms with van der Waals surface area (Å²) in [6.45, 7) is 0.935. The van der Waals surface area contributed by atoms with E-state index in [2.05, 4.69) is 15.5 Å². The fourth-order valence-electron chi connectivity index (χ4n) is 1.90.